The summed E-state index contributed by atoms with van der Waals surface area (Å²) in [6.45, 7) is -0.110. The van der Waals surface area contributed by atoms with Gasteiger partial charge in [-0.1, -0.05) is 0 Å². The van der Waals surface area contributed by atoms with E-state index in [-0.39, 0.29) is 55.6 Å². The van der Waals surface area contributed by atoms with E-state index in [0.717, 1.165) is 6.07 Å². The highest BCUT2D eigenvalue weighted by Gasteiger charge is 2.72. The number of hydrogen-bond acceptors (Lipinski definition) is 6. The van der Waals surface area contributed by atoms with Crippen LogP contribution in [0.3, 0.4) is 0 Å². The maximum Gasteiger partial charge on any atom is 0.401 e. The second kappa shape index (κ2) is 8.52. The molecule has 34 heavy (non-hydrogen) atoms. The van der Waals surface area contributed by atoms with E-state index in [1.807, 2.05) is 0 Å². The summed E-state index contributed by atoms with van der Waals surface area (Å²) in [5.41, 5.74) is 3.04. The molecule has 7 nitrogen and oxygen atoms in total. The molecule has 1 amide bonds. The van der Waals surface area contributed by atoms with Crippen molar-refractivity contribution >= 4 is 18.1 Å². The third-order valence-corrected chi connectivity index (χ3v) is 6.84. The number of nitrogens with zero attached hydrogens (tertiary/aromatic N) is 1. The highest BCUT2D eigenvalue weighted by Crippen LogP contribution is 2.64. The molecule has 1 saturated heterocycles. The summed E-state index contributed by atoms with van der Waals surface area (Å²) in [6.07, 6.45) is -9.75. The van der Waals surface area contributed by atoms with Crippen molar-refractivity contribution in [1.82, 2.24) is 4.90 Å². The van der Waals surface area contributed by atoms with Gasteiger partial charge in [0.15, 0.2) is 6.23 Å². The Morgan fingerprint density at radius 1 is 1.32 bits per heavy atom. The third kappa shape index (κ3) is 4.04. The fraction of sp³-hybridized carbons (Fsp3) is 0.571. The smallest absolute Gasteiger partial charge is 0.401 e. The number of carbonyl (C=O) groups excluding carboxylic acids is 2. The monoisotopic (exact) mass is 493 g/mol. The lowest BCUT2D eigenvalue weighted by Gasteiger charge is -2.36. The molecule has 5 unspecified atom stereocenters. The molecule has 13 heteroatoms. The average Bonchev–Trinajstić information content (AvgIpc) is 3.45. The highest BCUT2D eigenvalue weighted by atomic mass is 19.4. The van der Waals surface area contributed by atoms with Crippen LogP contribution in [0.2, 0.25) is 0 Å². The number of halogens is 6. The Morgan fingerprint density at radius 3 is 2.62 bits per heavy atom. The number of benzene rings is 1. The van der Waals surface area contributed by atoms with Gasteiger partial charge in [-0.3, -0.25) is 15.9 Å². The molecular formula is C21H21F6N3O4. The van der Waals surface area contributed by atoms with E-state index in [0.29, 0.717) is 0 Å². The molecule has 1 saturated carbocycles. The van der Waals surface area contributed by atoms with E-state index in [2.05, 4.69) is 4.74 Å². The van der Waals surface area contributed by atoms with Crippen molar-refractivity contribution in [3.8, 4) is 0 Å². The molecule has 0 bridgehead atoms. The molecule has 186 valence electrons. The van der Waals surface area contributed by atoms with E-state index in [1.54, 1.807) is 0 Å². The number of carbonyl (C=O) groups is 2. The Hall–Kier alpha value is -2.67. The Bertz CT molecular complexity index is 1020. The summed E-state index contributed by atoms with van der Waals surface area (Å²) in [6, 6.07) is 1.47. The molecular weight excluding hydrogens is 472 g/mol. The lowest BCUT2D eigenvalue weighted by atomic mass is 9.88. The summed E-state index contributed by atoms with van der Waals surface area (Å²) in [7, 11) is 0. The number of fused-ring (bicyclic) bond motifs is 1. The van der Waals surface area contributed by atoms with Gasteiger partial charge in [0.1, 0.15) is 17.5 Å². The van der Waals surface area contributed by atoms with Crippen LogP contribution >= 0.6 is 0 Å². The minimum absolute atomic E-state index is 0.0165. The number of aldehydes is 1. The molecule has 1 aromatic rings. The first-order chi connectivity index (χ1) is 15.9. The molecule has 2 heterocycles. The third-order valence-electron chi connectivity index (χ3n) is 6.84. The van der Waals surface area contributed by atoms with E-state index >= 15 is 0 Å². The molecule has 1 aromatic carbocycles. The van der Waals surface area contributed by atoms with Gasteiger partial charge in [-0.2, -0.15) is 22.0 Å². The lowest BCUT2D eigenvalue weighted by Crippen LogP contribution is -2.45. The van der Waals surface area contributed by atoms with Crippen LogP contribution in [0, 0.1) is 28.5 Å². The zero-order chi connectivity index (χ0) is 25.0. The van der Waals surface area contributed by atoms with Gasteiger partial charge in [-0.15, -0.1) is 0 Å². The summed E-state index contributed by atoms with van der Waals surface area (Å²) >= 11 is 0. The number of nitrogens with one attached hydrogen (secondary N) is 1. The van der Waals surface area contributed by atoms with Crippen LogP contribution in [0.25, 0.3) is 0 Å². The lowest BCUT2D eigenvalue weighted by molar-refractivity contribution is -0.191. The van der Waals surface area contributed by atoms with Gasteiger partial charge in [0.05, 0.1) is 19.2 Å². The predicted molar refractivity (Wildman–Crippen MR) is 103 cm³/mol. The van der Waals surface area contributed by atoms with Crippen molar-refractivity contribution in [2.45, 2.75) is 44.3 Å². The Kier molecular flexibility index (Phi) is 6.13. The second-order valence-corrected chi connectivity index (χ2v) is 8.82. The number of amides is 1. The summed E-state index contributed by atoms with van der Waals surface area (Å²) in [5.74, 6) is -4.41. The van der Waals surface area contributed by atoms with Crippen LogP contribution in [-0.4, -0.2) is 54.8 Å². The summed E-state index contributed by atoms with van der Waals surface area (Å²) in [4.78, 5) is 25.5. The minimum Gasteiger partial charge on any atom is -0.454 e. The van der Waals surface area contributed by atoms with Crippen molar-refractivity contribution in [2.24, 2.45) is 23.0 Å². The number of ether oxygens (including phenoxy) is 2. The van der Waals surface area contributed by atoms with Crippen LogP contribution < -0.4 is 5.73 Å². The number of alkyl halides is 5. The van der Waals surface area contributed by atoms with Gasteiger partial charge in [-0.25, -0.2) is 4.39 Å². The first kappa shape index (κ1) is 24.5. The molecule has 0 spiro atoms. The molecule has 2 aliphatic heterocycles. The Labute approximate surface area is 189 Å². The number of nitrogens with two attached hydrogens (primary N) is 1. The van der Waals surface area contributed by atoms with Crippen molar-refractivity contribution in [3.05, 3.63) is 34.6 Å². The zero-order valence-electron chi connectivity index (χ0n) is 17.6. The predicted octanol–water partition coefficient (Wildman–Crippen LogP) is 3.17. The molecule has 0 radical (unpaired) electrons. The van der Waals surface area contributed by atoms with Crippen molar-refractivity contribution in [1.29, 1.82) is 5.41 Å². The van der Waals surface area contributed by atoms with E-state index < -0.39 is 59.7 Å². The quantitative estimate of drug-likeness (QED) is 0.208. The van der Waals surface area contributed by atoms with Gasteiger partial charge >= 0.3 is 12.6 Å². The van der Waals surface area contributed by atoms with Crippen molar-refractivity contribution in [2.75, 3.05) is 13.2 Å². The van der Waals surface area contributed by atoms with Crippen LogP contribution in [0.1, 0.15) is 40.6 Å². The second-order valence-electron chi connectivity index (χ2n) is 8.82. The molecule has 1 aliphatic carbocycles. The SMILES string of the molecule is N=C(OC(N)c1cc(F)c2c(c1)C(=O)N(C1COCC(C3CC3(C=O)C(F)(F)F)C1)C2)C(F)F. The van der Waals surface area contributed by atoms with Gasteiger partial charge in [0.25, 0.3) is 11.8 Å². The number of rotatable bonds is 6. The Balaban J connectivity index is 1.49. The first-order valence-electron chi connectivity index (χ1n) is 10.4. The van der Waals surface area contributed by atoms with Gasteiger partial charge < -0.3 is 19.2 Å². The standard InChI is InChI=1S/C21H21F6N3O4/c22-15-3-9(17(28)34-18(29)16(23)24)2-12-13(15)5-30(19(12)32)11-1-10(6-33-7-11)14-4-20(14,8-31)21(25,26)27/h2-3,8,10-11,14,16-17,29H,1,4-7,28H2. The average molecular weight is 493 g/mol. The van der Waals surface area contributed by atoms with Gasteiger partial charge in [-0.05, 0) is 36.8 Å². The fourth-order valence-corrected chi connectivity index (χ4v) is 4.88. The summed E-state index contributed by atoms with van der Waals surface area (Å²) in [5, 5.41) is 7.05. The Morgan fingerprint density at radius 2 is 2.03 bits per heavy atom. The van der Waals surface area contributed by atoms with E-state index in [4.69, 9.17) is 15.9 Å². The molecule has 2 fully saturated rings. The number of hydrogen-bond donors (Lipinski definition) is 2. The van der Waals surface area contributed by atoms with E-state index in [1.165, 1.54) is 11.0 Å². The molecule has 4 rings (SSSR count). The van der Waals surface area contributed by atoms with Crippen LogP contribution in [0.15, 0.2) is 12.1 Å². The van der Waals surface area contributed by atoms with E-state index in [9.17, 15) is 35.9 Å². The van der Waals surface area contributed by atoms with Crippen LogP contribution in [-0.2, 0) is 20.8 Å². The van der Waals surface area contributed by atoms with Crippen LogP contribution in [0.4, 0.5) is 26.3 Å². The molecule has 3 aliphatic rings. The van der Waals surface area contributed by atoms with Crippen LogP contribution in [0.5, 0.6) is 0 Å². The zero-order valence-corrected chi connectivity index (χ0v) is 17.6. The highest BCUT2D eigenvalue weighted by molar-refractivity contribution is 5.99. The molecule has 0 aromatic heterocycles. The van der Waals surface area contributed by atoms with Gasteiger partial charge in [0, 0.05) is 23.3 Å². The largest absolute Gasteiger partial charge is 0.454 e. The topological polar surface area (TPSA) is 106 Å². The molecule has 5 atom stereocenters. The minimum atomic E-state index is -4.67. The maximum absolute atomic E-state index is 14.7. The van der Waals surface area contributed by atoms with Crippen molar-refractivity contribution < 1.29 is 45.4 Å². The van der Waals surface area contributed by atoms with Gasteiger partial charge in [0.2, 0.25) is 0 Å². The first-order valence-corrected chi connectivity index (χ1v) is 10.4. The molecule has 3 N–H and O–H groups in total. The fourth-order valence-electron chi connectivity index (χ4n) is 4.88. The maximum atomic E-state index is 14.7. The normalized spacial score (nSPS) is 29.7. The summed E-state index contributed by atoms with van der Waals surface area (Å²) < 4.78 is 89.9. The van der Waals surface area contributed by atoms with Crippen molar-refractivity contribution in [3.63, 3.8) is 0 Å².